The van der Waals surface area contributed by atoms with Crippen LogP contribution in [0, 0.1) is 0 Å². The zero-order chi connectivity index (χ0) is 5.82. The summed E-state index contributed by atoms with van der Waals surface area (Å²) in [6, 6.07) is 0. The first-order valence-electron chi connectivity index (χ1n) is 2.59. The molecule has 8 heavy (non-hydrogen) atoms. The summed E-state index contributed by atoms with van der Waals surface area (Å²) >= 11 is 0. The molecule has 1 aliphatic heterocycles. The molecule has 1 radical (unpaired) electrons. The van der Waals surface area contributed by atoms with Gasteiger partial charge >= 0.3 is 0 Å². The lowest BCUT2D eigenvalue weighted by atomic mass is 10.4. The van der Waals surface area contributed by atoms with E-state index in [1.54, 1.807) is 11.1 Å². The van der Waals surface area contributed by atoms with E-state index in [1.807, 2.05) is 18.2 Å². The summed E-state index contributed by atoms with van der Waals surface area (Å²) in [5.41, 5.74) is 0. The third kappa shape index (κ3) is 1.10. The van der Waals surface area contributed by atoms with Gasteiger partial charge in [-0.1, -0.05) is 12.2 Å². The molecular weight excluding hydrogens is 102 g/mol. The van der Waals surface area contributed by atoms with E-state index in [9.17, 15) is 5.11 Å². The van der Waals surface area contributed by atoms with E-state index in [0.29, 0.717) is 0 Å². The van der Waals surface area contributed by atoms with Crippen LogP contribution in [0.1, 0.15) is 0 Å². The summed E-state index contributed by atoms with van der Waals surface area (Å²) in [4.78, 5) is 1.69. The Balaban J connectivity index is 2.40. The fourth-order valence-corrected chi connectivity index (χ4v) is 0.603. The van der Waals surface area contributed by atoms with Crippen molar-refractivity contribution in [1.29, 1.82) is 0 Å². The van der Waals surface area contributed by atoms with Gasteiger partial charge in [0.2, 0.25) is 0 Å². The van der Waals surface area contributed by atoms with Crippen LogP contribution < -0.4 is 0 Å². The average Bonchev–Trinajstić information content (AvgIpc) is 1.90. The van der Waals surface area contributed by atoms with Crippen molar-refractivity contribution in [3.63, 3.8) is 0 Å². The van der Waals surface area contributed by atoms with E-state index in [0.717, 1.165) is 6.54 Å². The molecular formula is C6H8NO. The van der Waals surface area contributed by atoms with Gasteiger partial charge in [-0.15, -0.1) is 0 Å². The maximum absolute atomic E-state index is 10.1. The SMILES string of the molecule is [O]CN1C=CC=CC1. The number of hydrogen-bond donors (Lipinski definition) is 0. The standard InChI is InChI=1S/C6H8NO/c8-6-7-4-2-1-3-5-7/h1-4H,5-6H2. The van der Waals surface area contributed by atoms with E-state index < -0.39 is 0 Å². The van der Waals surface area contributed by atoms with Crippen molar-refractivity contribution in [3.8, 4) is 0 Å². The van der Waals surface area contributed by atoms with Crippen molar-refractivity contribution in [3.05, 3.63) is 24.4 Å². The number of rotatable bonds is 1. The Bertz CT molecular complexity index is 118. The van der Waals surface area contributed by atoms with Crippen LogP contribution in [0.15, 0.2) is 24.4 Å². The maximum atomic E-state index is 10.1. The summed E-state index contributed by atoms with van der Waals surface area (Å²) in [5.74, 6) is 0. The fourth-order valence-electron chi connectivity index (χ4n) is 0.603. The van der Waals surface area contributed by atoms with Crippen LogP contribution in [-0.4, -0.2) is 18.2 Å². The first-order chi connectivity index (χ1) is 3.93. The van der Waals surface area contributed by atoms with Crippen LogP contribution in [0.4, 0.5) is 0 Å². The number of allylic oxidation sites excluding steroid dienone is 2. The lowest BCUT2D eigenvalue weighted by Crippen LogP contribution is -2.18. The van der Waals surface area contributed by atoms with Gasteiger partial charge in [0.1, 0.15) is 0 Å². The van der Waals surface area contributed by atoms with Gasteiger partial charge in [-0.05, 0) is 6.08 Å². The third-order valence-electron chi connectivity index (χ3n) is 1.05. The van der Waals surface area contributed by atoms with E-state index in [-0.39, 0.29) is 6.73 Å². The Kier molecular flexibility index (Phi) is 1.70. The molecule has 0 atom stereocenters. The van der Waals surface area contributed by atoms with Gasteiger partial charge in [-0.3, -0.25) is 0 Å². The van der Waals surface area contributed by atoms with Crippen LogP contribution in [0.2, 0.25) is 0 Å². The van der Waals surface area contributed by atoms with E-state index >= 15 is 0 Å². The Morgan fingerprint density at radius 2 is 2.38 bits per heavy atom. The molecule has 0 aromatic carbocycles. The molecule has 0 unspecified atom stereocenters. The van der Waals surface area contributed by atoms with Gasteiger partial charge in [0.05, 0.1) is 0 Å². The molecule has 2 nitrogen and oxygen atoms in total. The highest BCUT2D eigenvalue weighted by Crippen LogP contribution is 1.94. The molecule has 0 fully saturated rings. The highest BCUT2D eigenvalue weighted by Gasteiger charge is 1.94. The van der Waals surface area contributed by atoms with Crippen molar-refractivity contribution in [1.82, 2.24) is 4.90 Å². The topological polar surface area (TPSA) is 23.1 Å². The van der Waals surface area contributed by atoms with Crippen molar-refractivity contribution in [2.45, 2.75) is 0 Å². The van der Waals surface area contributed by atoms with Crippen LogP contribution in [0.3, 0.4) is 0 Å². The van der Waals surface area contributed by atoms with Gasteiger partial charge in [-0.25, -0.2) is 5.11 Å². The average molecular weight is 110 g/mol. The predicted octanol–water partition coefficient (Wildman–Crippen LogP) is 0.760. The molecule has 1 aliphatic rings. The first kappa shape index (κ1) is 5.38. The van der Waals surface area contributed by atoms with Crippen molar-refractivity contribution in [2.75, 3.05) is 13.3 Å². The number of nitrogens with zero attached hydrogens (tertiary/aromatic N) is 1. The zero-order valence-electron chi connectivity index (χ0n) is 4.58. The van der Waals surface area contributed by atoms with Gasteiger partial charge in [0.25, 0.3) is 0 Å². The minimum atomic E-state index is -0.138. The minimum Gasteiger partial charge on any atom is -0.349 e. The van der Waals surface area contributed by atoms with E-state index in [1.165, 1.54) is 0 Å². The number of hydrogen-bond acceptors (Lipinski definition) is 1. The quantitative estimate of drug-likeness (QED) is 0.488. The van der Waals surface area contributed by atoms with Crippen LogP contribution >= 0.6 is 0 Å². The summed E-state index contributed by atoms with van der Waals surface area (Å²) in [7, 11) is 0. The molecule has 43 valence electrons. The van der Waals surface area contributed by atoms with Crippen LogP contribution in [-0.2, 0) is 5.11 Å². The minimum absolute atomic E-state index is 0.138. The highest BCUT2D eigenvalue weighted by molar-refractivity contribution is 5.07. The second kappa shape index (κ2) is 2.52. The molecule has 2 heteroatoms. The zero-order valence-corrected chi connectivity index (χ0v) is 4.58. The maximum Gasteiger partial charge on any atom is 0.154 e. The second-order valence-electron chi connectivity index (χ2n) is 1.67. The lowest BCUT2D eigenvalue weighted by Gasteiger charge is -2.14. The Hall–Kier alpha value is -0.760. The molecule has 0 spiro atoms. The fraction of sp³-hybridized carbons (Fsp3) is 0.333. The molecule has 0 aromatic heterocycles. The van der Waals surface area contributed by atoms with E-state index in [2.05, 4.69) is 0 Å². The smallest absolute Gasteiger partial charge is 0.154 e. The molecule has 0 aliphatic carbocycles. The Labute approximate surface area is 48.7 Å². The molecule has 0 aromatic rings. The molecule has 0 bridgehead atoms. The normalized spacial score (nSPS) is 17.4. The van der Waals surface area contributed by atoms with Gasteiger partial charge < -0.3 is 4.90 Å². The van der Waals surface area contributed by atoms with Crippen molar-refractivity contribution < 1.29 is 5.11 Å². The lowest BCUT2D eigenvalue weighted by molar-refractivity contribution is 0.0908. The van der Waals surface area contributed by atoms with E-state index in [4.69, 9.17) is 0 Å². The van der Waals surface area contributed by atoms with Crippen LogP contribution in [0.25, 0.3) is 0 Å². The van der Waals surface area contributed by atoms with Gasteiger partial charge in [-0.2, -0.15) is 0 Å². The molecule has 0 saturated heterocycles. The largest absolute Gasteiger partial charge is 0.349 e. The molecule has 0 N–H and O–H groups in total. The molecule has 0 saturated carbocycles. The molecule has 1 heterocycles. The summed E-state index contributed by atoms with van der Waals surface area (Å²) in [6.07, 6.45) is 7.55. The second-order valence-corrected chi connectivity index (χ2v) is 1.67. The molecule has 0 amide bonds. The summed E-state index contributed by atoms with van der Waals surface area (Å²) in [5, 5.41) is 10.1. The Morgan fingerprint density at radius 1 is 1.50 bits per heavy atom. The monoisotopic (exact) mass is 110 g/mol. The first-order valence-corrected chi connectivity index (χ1v) is 2.59. The van der Waals surface area contributed by atoms with Gasteiger partial charge in [0.15, 0.2) is 6.73 Å². The Morgan fingerprint density at radius 3 is 2.75 bits per heavy atom. The van der Waals surface area contributed by atoms with Crippen LogP contribution in [0.5, 0.6) is 0 Å². The summed E-state index contributed by atoms with van der Waals surface area (Å²) in [6.45, 7) is 0.626. The van der Waals surface area contributed by atoms with Crippen molar-refractivity contribution in [2.24, 2.45) is 0 Å². The third-order valence-corrected chi connectivity index (χ3v) is 1.05. The summed E-state index contributed by atoms with van der Waals surface area (Å²) < 4.78 is 0. The molecule has 1 rings (SSSR count). The highest BCUT2D eigenvalue weighted by atomic mass is 16.3. The van der Waals surface area contributed by atoms with Crippen molar-refractivity contribution >= 4 is 0 Å². The van der Waals surface area contributed by atoms with Gasteiger partial charge in [0, 0.05) is 12.7 Å². The predicted molar refractivity (Wildman–Crippen MR) is 30.5 cm³/mol.